The van der Waals surface area contributed by atoms with E-state index in [9.17, 15) is 4.79 Å². The second kappa shape index (κ2) is 7.91. The molecule has 0 aliphatic heterocycles. The summed E-state index contributed by atoms with van der Waals surface area (Å²) in [7, 11) is 1.54. The highest BCUT2D eigenvalue weighted by Crippen LogP contribution is 2.36. The molecule has 0 saturated heterocycles. The second-order valence-electron chi connectivity index (χ2n) is 6.27. The highest BCUT2D eigenvalue weighted by molar-refractivity contribution is 6.32. The van der Waals surface area contributed by atoms with Crippen molar-refractivity contribution in [2.24, 2.45) is 11.8 Å². The number of hydrogen-bond donors (Lipinski definition) is 1. The van der Waals surface area contributed by atoms with E-state index >= 15 is 0 Å². The van der Waals surface area contributed by atoms with E-state index in [4.69, 9.17) is 21.1 Å². The van der Waals surface area contributed by atoms with Gasteiger partial charge in [-0.2, -0.15) is 0 Å². The normalized spacial score (nSPS) is 24.1. The summed E-state index contributed by atoms with van der Waals surface area (Å²) in [5.41, 5.74) is 0.501. The number of hydrogen-bond acceptors (Lipinski definition) is 3. The van der Waals surface area contributed by atoms with Gasteiger partial charge >= 0.3 is 0 Å². The summed E-state index contributed by atoms with van der Waals surface area (Å²) in [6.07, 6.45) is 3.42. The molecule has 1 aliphatic carbocycles. The molecule has 2 rings (SSSR count). The molecule has 5 heteroatoms. The first kappa shape index (κ1) is 17.9. The van der Waals surface area contributed by atoms with Gasteiger partial charge in [0, 0.05) is 11.6 Å². The van der Waals surface area contributed by atoms with Gasteiger partial charge in [0.1, 0.15) is 0 Å². The van der Waals surface area contributed by atoms with Crippen molar-refractivity contribution in [1.82, 2.24) is 5.32 Å². The van der Waals surface area contributed by atoms with E-state index in [1.807, 2.05) is 6.92 Å². The fourth-order valence-corrected chi connectivity index (χ4v) is 3.44. The molecule has 0 radical (unpaired) electrons. The van der Waals surface area contributed by atoms with Crippen molar-refractivity contribution in [2.45, 2.75) is 46.1 Å². The van der Waals surface area contributed by atoms with Crippen molar-refractivity contribution in [1.29, 1.82) is 0 Å². The van der Waals surface area contributed by atoms with Gasteiger partial charge in [0.05, 0.1) is 18.7 Å². The van der Waals surface area contributed by atoms with Crippen LogP contribution in [0.4, 0.5) is 0 Å². The van der Waals surface area contributed by atoms with Gasteiger partial charge in [-0.15, -0.1) is 0 Å². The van der Waals surface area contributed by atoms with Crippen molar-refractivity contribution >= 4 is 17.5 Å². The molecule has 0 spiro atoms. The number of ether oxygens (including phenoxy) is 2. The molecule has 4 nitrogen and oxygen atoms in total. The molecular formula is C18H26ClNO3. The Hall–Kier alpha value is -1.42. The summed E-state index contributed by atoms with van der Waals surface area (Å²) in [5, 5.41) is 3.54. The SMILES string of the molecule is CCOc1c(Cl)cc(C(=O)N[C@@H]2CCC[C@@H](C)[C@@H]2C)cc1OC. The number of nitrogens with one attached hydrogen (secondary N) is 1. The van der Waals surface area contributed by atoms with Crippen molar-refractivity contribution < 1.29 is 14.3 Å². The van der Waals surface area contributed by atoms with Gasteiger partial charge in [-0.1, -0.05) is 38.3 Å². The number of amides is 1. The Morgan fingerprint density at radius 1 is 1.35 bits per heavy atom. The number of rotatable bonds is 5. The van der Waals surface area contributed by atoms with E-state index in [1.54, 1.807) is 19.2 Å². The zero-order valence-corrected chi connectivity index (χ0v) is 15.1. The number of carbonyl (C=O) groups excluding carboxylic acids is 1. The van der Waals surface area contributed by atoms with E-state index in [-0.39, 0.29) is 11.9 Å². The summed E-state index contributed by atoms with van der Waals surface area (Å²) < 4.78 is 10.8. The van der Waals surface area contributed by atoms with Crippen LogP contribution in [-0.4, -0.2) is 25.7 Å². The minimum absolute atomic E-state index is 0.112. The Bertz CT molecular complexity index is 561. The van der Waals surface area contributed by atoms with Gasteiger partial charge in [-0.05, 0) is 37.3 Å². The largest absolute Gasteiger partial charge is 0.493 e. The number of benzene rings is 1. The monoisotopic (exact) mass is 339 g/mol. The van der Waals surface area contributed by atoms with E-state index in [1.165, 1.54) is 6.42 Å². The third kappa shape index (κ3) is 4.11. The minimum atomic E-state index is -0.112. The Kier molecular flexibility index (Phi) is 6.17. The lowest BCUT2D eigenvalue weighted by Gasteiger charge is -2.34. The first-order valence-corrected chi connectivity index (χ1v) is 8.66. The van der Waals surface area contributed by atoms with Gasteiger partial charge in [-0.3, -0.25) is 4.79 Å². The third-order valence-corrected chi connectivity index (χ3v) is 5.08. The summed E-state index contributed by atoms with van der Waals surface area (Å²) in [4.78, 5) is 12.6. The predicted molar refractivity (Wildman–Crippen MR) is 92.6 cm³/mol. The fraction of sp³-hybridized carbons (Fsp3) is 0.611. The standard InChI is InChI=1S/C18H26ClNO3/c1-5-23-17-14(19)9-13(10-16(17)22-4)18(21)20-15-8-6-7-11(2)12(15)3/h9-12,15H,5-8H2,1-4H3,(H,20,21)/t11-,12+,15-/m1/s1. The van der Waals surface area contributed by atoms with Crippen LogP contribution < -0.4 is 14.8 Å². The van der Waals surface area contributed by atoms with Crippen molar-refractivity contribution in [2.75, 3.05) is 13.7 Å². The van der Waals surface area contributed by atoms with Crippen LogP contribution in [0.1, 0.15) is 50.4 Å². The van der Waals surface area contributed by atoms with Crippen molar-refractivity contribution in [3.05, 3.63) is 22.7 Å². The zero-order chi connectivity index (χ0) is 17.0. The molecule has 0 aromatic heterocycles. The van der Waals surface area contributed by atoms with E-state index in [2.05, 4.69) is 19.2 Å². The van der Waals surface area contributed by atoms with Gasteiger partial charge < -0.3 is 14.8 Å². The number of halogens is 1. The van der Waals surface area contributed by atoms with Gasteiger partial charge in [0.2, 0.25) is 0 Å². The quantitative estimate of drug-likeness (QED) is 0.869. The van der Waals surface area contributed by atoms with Crippen LogP contribution in [0.3, 0.4) is 0 Å². The molecule has 0 unspecified atom stereocenters. The molecule has 128 valence electrons. The molecule has 0 heterocycles. The molecule has 1 amide bonds. The van der Waals surface area contributed by atoms with Gasteiger partial charge in [-0.25, -0.2) is 0 Å². The number of methoxy groups -OCH3 is 1. The average molecular weight is 340 g/mol. The second-order valence-corrected chi connectivity index (χ2v) is 6.68. The molecule has 1 aromatic rings. The lowest BCUT2D eigenvalue weighted by atomic mass is 9.78. The first-order valence-electron chi connectivity index (χ1n) is 8.29. The number of carbonyl (C=O) groups is 1. The van der Waals surface area contributed by atoms with E-state index in [0.717, 1.165) is 12.8 Å². The lowest BCUT2D eigenvalue weighted by molar-refractivity contribution is 0.0890. The van der Waals surface area contributed by atoms with Crippen LogP contribution in [0.2, 0.25) is 5.02 Å². The lowest BCUT2D eigenvalue weighted by Crippen LogP contribution is -2.43. The summed E-state index contributed by atoms with van der Waals surface area (Å²) in [6.45, 7) is 6.82. The fourth-order valence-electron chi connectivity index (χ4n) is 3.17. The minimum Gasteiger partial charge on any atom is -0.493 e. The molecule has 1 saturated carbocycles. The summed E-state index contributed by atoms with van der Waals surface area (Å²) in [5.74, 6) is 1.96. The molecule has 0 bridgehead atoms. The Morgan fingerprint density at radius 3 is 2.74 bits per heavy atom. The van der Waals surface area contributed by atoms with E-state index < -0.39 is 0 Å². The summed E-state index contributed by atoms with van der Waals surface area (Å²) >= 11 is 6.25. The highest BCUT2D eigenvalue weighted by atomic mass is 35.5. The van der Waals surface area contributed by atoms with Gasteiger partial charge in [0.15, 0.2) is 11.5 Å². The highest BCUT2D eigenvalue weighted by Gasteiger charge is 2.28. The van der Waals surface area contributed by atoms with Crippen LogP contribution in [0, 0.1) is 11.8 Å². The topological polar surface area (TPSA) is 47.6 Å². The molecular weight excluding hydrogens is 314 g/mol. The van der Waals surface area contributed by atoms with Crippen LogP contribution in [0.15, 0.2) is 12.1 Å². The molecule has 1 fully saturated rings. The third-order valence-electron chi connectivity index (χ3n) is 4.80. The molecule has 1 aromatic carbocycles. The molecule has 3 atom stereocenters. The van der Waals surface area contributed by atoms with Gasteiger partial charge in [0.25, 0.3) is 5.91 Å². The maximum absolute atomic E-state index is 12.6. The Balaban J connectivity index is 2.17. The molecule has 1 N–H and O–H groups in total. The van der Waals surface area contributed by atoms with Crippen LogP contribution in [-0.2, 0) is 0 Å². The summed E-state index contributed by atoms with van der Waals surface area (Å²) in [6, 6.07) is 3.53. The smallest absolute Gasteiger partial charge is 0.251 e. The van der Waals surface area contributed by atoms with Crippen LogP contribution >= 0.6 is 11.6 Å². The Morgan fingerprint density at radius 2 is 2.09 bits per heavy atom. The zero-order valence-electron chi connectivity index (χ0n) is 14.3. The van der Waals surface area contributed by atoms with Crippen LogP contribution in [0.5, 0.6) is 11.5 Å². The predicted octanol–water partition coefficient (Wildman–Crippen LogP) is 4.30. The van der Waals surface area contributed by atoms with Crippen molar-refractivity contribution in [3.63, 3.8) is 0 Å². The Labute approximate surface area is 143 Å². The maximum Gasteiger partial charge on any atom is 0.251 e. The van der Waals surface area contributed by atoms with E-state index in [0.29, 0.717) is 40.5 Å². The maximum atomic E-state index is 12.6. The molecule has 23 heavy (non-hydrogen) atoms. The van der Waals surface area contributed by atoms with Crippen molar-refractivity contribution in [3.8, 4) is 11.5 Å². The molecule has 1 aliphatic rings. The first-order chi connectivity index (χ1) is 11.0. The average Bonchev–Trinajstić information content (AvgIpc) is 2.53. The van der Waals surface area contributed by atoms with Crippen LogP contribution in [0.25, 0.3) is 0 Å².